The molecule has 61 heavy (non-hydrogen) atoms. The minimum atomic E-state index is -5.09. The first-order valence-electron chi connectivity index (χ1n) is 20.9. The Labute approximate surface area is 350 Å². The standard InChI is InChI=1S/C22H26F6N2O.C20H24F6N2OS/c23-21(24,25)14-11-15(13-7-8-13)19(16(12-14)22(26,27)28)20(31)29-17-5-1-2-6-18(17)30-9-3-4-10-30;1-30-16-10-11(19(21,22)23)9-13(20(24,25)26)17(16)18(29)28-15-8-4-7-14(15)27-12-5-2-3-6-12/h11-13,17-18H,1-10H2,(H,29,31);9-10,12,14-15,27H,2-8H2,1H3,(H,28,29)/t17-,18+;14-,15+/m10/s1. The number of benzene rings is 2. The maximum atomic E-state index is 13.8. The molecule has 2 amide bonds. The minimum absolute atomic E-state index is 0.0253. The van der Waals surface area contributed by atoms with E-state index in [0.717, 1.165) is 89.8 Å². The number of thioether (sulfide) groups is 1. The van der Waals surface area contributed by atoms with Gasteiger partial charge < -0.3 is 16.0 Å². The second-order valence-corrected chi connectivity index (χ2v) is 17.6. The average Bonchev–Trinajstić information content (AvgIpc) is 3.48. The summed E-state index contributed by atoms with van der Waals surface area (Å²) < 4.78 is 161. The fourth-order valence-electron chi connectivity index (χ4n) is 9.42. The smallest absolute Gasteiger partial charge is 0.348 e. The lowest BCUT2D eigenvalue weighted by Gasteiger charge is -2.38. The highest BCUT2D eigenvalue weighted by molar-refractivity contribution is 7.98. The normalized spacial score (nSPS) is 24.4. The Morgan fingerprint density at radius 3 is 1.61 bits per heavy atom. The molecular weight excluding hydrogens is 853 g/mol. The van der Waals surface area contributed by atoms with Crippen molar-refractivity contribution in [3.8, 4) is 0 Å². The monoisotopic (exact) mass is 902 g/mol. The maximum Gasteiger partial charge on any atom is 0.417 e. The largest absolute Gasteiger partial charge is 0.417 e. The summed E-state index contributed by atoms with van der Waals surface area (Å²) in [5.74, 6) is -2.32. The van der Waals surface area contributed by atoms with E-state index in [1.54, 1.807) is 0 Å². The van der Waals surface area contributed by atoms with Crippen molar-refractivity contribution in [2.75, 3.05) is 19.3 Å². The zero-order valence-corrected chi connectivity index (χ0v) is 34.3. The predicted octanol–water partition coefficient (Wildman–Crippen LogP) is 11.4. The van der Waals surface area contributed by atoms with Crippen LogP contribution in [0.15, 0.2) is 29.2 Å². The van der Waals surface area contributed by atoms with Crippen LogP contribution in [0.3, 0.4) is 0 Å². The molecule has 1 aliphatic heterocycles. The molecule has 3 N–H and O–H groups in total. The molecule has 19 heteroatoms. The molecule has 7 rings (SSSR count). The van der Waals surface area contributed by atoms with Crippen LogP contribution in [0.1, 0.15) is 151 Å². The second-order valence-electron chi connectivity index (χ2n) is 16.8. The van der Waals surface area contributed by atoms with Crippen LogP contribution in [0.4, 0.5) is 52.7 Å². The summed E-state index contributed by atoms with van der Waals surface area (Å²) in [4.78, 5) is 27.9. The third kappa shape index (κ3) is 11.7. The molecule has 0 radical (unpaired) electrons. The van der Waals surface area contributed by atoms with Gasteiger partial charge in [-0.05, 0) is 126 Å². The summed E-state index contributed by atoms with van der Waals surface area (Å²) in [6, 6.07) is 1.17. The van der Waals surface area contributed by atoms with E-state index >= 15 is 0 Å². The highest BCUT2D eigenvalue weighted by Gasteiger charge is 2.45. The van der Waals surface area contributed by atoms with E-state index in [9.17, 15) is 62.3 Å². The number of carbonyl (C=O) groups is 2. The Balaban J connectivity index is 0.000000204. The lowest BCUT2D eigenvalue weighted by Crippen LogP contribution is -2.52. The van der Waals surface area contributed by atoms with Gasteiger partial charge in [-0.3, -0.25) is 14.5 Å². The second kappa shape index (κ2) is 18.9. The van der Waals surface area contributed by atoms with Crippen LogP contribution in [0.5, 0.6) is 0 Å². The maximum absolute atomic E-state index is 13.8. The quantitative estimate of drug-likeness (QED) is 0.173. The molecule has 5 fully saturated rings. The third-order valence-corrected chi connectivity index (χ3v) is 13.3. The van der Waals surface area contributed by atoms with E-state index in [1.807, 2.05) is 0 Å². The average molecular weight is 903 g/mol. The number of halogens is 12. The minimum Gasteiger partial charge on any atom is -0.348 e. The Hall–Kier alpha value is -3.19. The summed E-state index contributed by atoms with van der Waals surface area (Å²) in [7, 11) is 0. The Morgan fingerprint density at radius 2 is 1.05 bits per heavy atom. The van der Waals surface area contributed by atoms with Gasteiger partial charge in [0.05, 0.1) is 33.4 Å². The number of alkyl halides is 12. The first-order valence-corrected chi connectivity index (χ1v) is 22.1. The van der Waals surface area contributed by atoms with Gasteiger partial charge in [0.25, 0.3) is 11.8 Å². The van der Waals surface area contributed by atoms with Crippen molar-refractivity contribution in [1.29, 1.82) is 0 Å². The van der Waals surface area contributed by atoms with Gasteiger partial charge in [-0.2, -0.15) is 52.7 Å². The van der Waals surface area contributed by atoms with Crippen molar-refractivity contribution in [3.63, 3.8) is 0 Å². The number of rotatable bonds is 9. The van der Waals surface area contributed by atoms with Crippen LogP contribution in [0.25, 0.3) is 0 Å². The van der Waals surface area contributed by atoms with Crippen LogP contribution < -0.4 is 16.0 Å². The third-order valence-electron chi connectivity index (χ3n) is 12.5. The Morgan fingerprint density at radius 1 is 0.557 bits per heavy atom. The topological polar surface area (TPSA) is 73.5 Å². The summed E-state index contributed by atoms with van der Waals surface area (Å²) in [5, 5.41) is 8.96. The zero-order valence-electron chi connectivity index (χ0n) is 33.5. The number of likely N-dealkylation sites (tertiary alicyclic amines) is 1. The van der Waals surface area contributed by atoms with Crippen molar-refractivity contribution in [1.82, 2.24) is 20.9 Å². The summed E-state index contributed by atoms with van der Waals surface area (Å²) >= 11 is 0.693. The van der Waals surface area contributed by atoms with Gasteiger partial charge in [0, 0.05) is 35.1 Å². The molecule has 2 aromatic carbocycles. The van der Waals surface area contributed by atoms with Gasteiger partial charge in [-0.25, -0.2) is 0 Å². The SMILES string of the molecule is CSc1cc(C(F)(F)F)cc(C(F)(F)F)c1C(=O)N[C@@H]1CCC[C@@H]1NC1CCCC1.O=C(N[C@@H]1CCCC[C@@H]1N1CCCC1)c1c(C2CC2)cc(C(F)(F)F)cc1C(F)(F)F. The van der Waals surface area contributed by atoms with Crippen LogP contribution in [0.2, 0.25) is 0 Å². The van der Waals surface area contributed by atoms with Crippen LogP contribution >= 0.6 is 11.8 Å². The van der Waals surface area contributed by atoms with E-state index in [4.69, 9.17) is 0 Å². The van der Waals surface area contributed by atoms with Crippen molar-refractivity contribution >= 4 is 23.6 Å². The number of amides is 2. The number of hydrogen-bond donors (Lipinski definition) is 3. The van der Waals surface area contributed by atoms with Gasteiger partial charge in [-0.15, -0.1) is 11.8 Å². The summed E-state index contributed by atoms with van der Waals surface area (Å²) in [6.45, 7) is 1.80. The molecule has 4 atom stereocenters. The van der Waals surface area contributed by atoms with E-state index in [0.29, 0.717) is 49.6 Å². The highest BCUT2D eigenvalue weighted by Crippen LogP contribution is 2.48. The lowest BCUT2D eigenvalue weighted by atomic mass is 9.88. The summed E-state index contributed by atoms with van der Waals surface area (Å²) in [5.41, 5.74) is -7.33. The molecule has 0 spiro atoms. The molecule has 4 aliphatic carbocycles. The van der Waals surface area contributed by atoms with Crippen molar-refractivity contribution in [3.05, 3.63) is 63.2 Å². The zero-order chi connectivity index (χ0) is 44.5. The molecule has 6 nitrogen and oxygen atoms in total. The Bertz CT molecular complexity index is 1870. The van der Waals surface area contributed by atoms with Gasteiger partial charge >= 0.3 is 24.7 Å². The molecule has 5 aliphatic rings. The van der Waals surface area contributed by atoms with Gasteiger partial charge in [0.1, 0.15) is 0 Å². The number of carbonyl (C=O) groups excluding carboxylic acids is 2. The van der Waals surface area contributed by atoms with Gasteiger partial charge in [0.15, 0.2) is 0 Å². The molecule has 1 saturated heterocycles. The van der Waals surface area contributed by atoms with Crippen molar-refractivity contribution in [2.24, 2.45) is 0 Å². The fraction of sp³-hybridized carbons (Fsp3) is 0.667. The molecule has 0 aromatic heterocycles. The van der Waals surface area contributed by atoms with Crippen molar-refractivity contribution in [2.45, 2.75) is 162 Å². The van der Waals surface area contributed by atoms with Crippen LogP contribution in [-0.2, 0) is 24.7 Å². The molecular formula is C42H50F12N4O2S. The lowest BCUT2D eigenvalue weighted by molar-refractivity contribution is -0.145. The first kappa shape index (κ1) is 47.3. The molecule has 4 saturated carbocycles. The fourth-order valence-corrected chi connectivity index (χ4v) is 10.1. The number of nitrogens with one attached hydrogen (secondary N) is 3. The van der Waals surface area contributed by atoms with Gasteiger partial charge in [0.2, 0.25) is 0 Å². The van der Waals surface area contributed by atoms with E-state index in [1.165, 1.54) is 6.26 Å². The summed E-state index contributed by atoms with van der Waals surface area (Å²) in [6.07, 6.45) is -5.63. The molecule has 340 valence electrons. The highest BCUT2D eigenvalue weighted by atomic mass is 32.2. The number of hydrogen-bond acceptors (Lipinski definition) is 5. The van der Waals surface area contributed by atoms with E-state index < -0.39 is 75.8 Å². The van der Waals surface area contributed by atoms with Crippen molar-refractivity contribution < 1.29 is 62.3 Å². The molecule has 2 aromatic rings. The molecule has 0 unspecified atom stereocenters. The predicted molar refractivity (Wildman–Crippen MR) is 205 cm³/mol. The van der Waals surface area contributed by atoms with Crippen LogP contribution in [0, 0.1) is 0 Å². The van der Waals surface area contributed by atoms with E-state index in [2.05, 4.69) is 20.9 Å². The first-order chi connectivity index (χ1) is 28.6. The van der Waals surface area contributed by atoms with Gasteiger partial charge in [-0.1, -0.05) is 25.7 Å². The molecule has 0 bridgehead atoms. The number of nitrogens with zero attached hydrogens (tertiary/aromatic N) is 1. The van der Waals surface area contributed by atoms with Crippen LogP contribution in [-0.4, -0.2) is 66.3 Å². The Kier molecular flexibility index (Phi) is 14.6. The van der Waals surface area contributed by atoms with E-state index in [-0.39, 0.29) is 46.8 Å². The molecule has 1 heterocycles.